The lowest BCUT2D eigenvalue weighted by molar-refractivity contribution is 0.0321. The molecular formula is C24H27BrFN5O4. The molecule has 9 nitrogen and oxygen atoms in total. The minimum absolute atomic E-state index is 0.0215. The van der Waals surface area contributed by atoms with E-state index in [0.29, 0.717) is 53.5 Å². The molecule has 3 aliphatic rings. The van der Waals surface area contributed by atoms with E-state index in [1.807, 2.05) is 18.2 Å². The van der Waals surface area contributed by atoms with E-state index in [2.05, 4.69) is 41.4 Å². The number of allylic oxidation sites excluding steroid dienone is 3. The highest BCUT2D eigenvalue weighted by Crippen LogP contribution is 2.42. The van der Waals surface area contributed by atoms with Crippen LogP contribution in [0.4, 0.5) is 15.9 Å². The smallest absolute Gasteiger partial charge is 0.248 e. The third-order valence-electron chi connectivity index (χ3n) is 5.98. The number of hydrogen-bond donors (Lipinski definition) is 2. The van der Waals surface area contributed by atoms with Crippen molar-refractivity contribution in [3.8, 4) is 23.1 Å². The van der Waals surface area contributed by atoms with Crippen LogP contribution in [-0.4, -0.2) is 66.3 Å². The van der Waals surface area contributed by atoms with Crippen LogP contribution in [0.15, 0.2) is 42.1 Å². The molecule has 5 rings (SSSR count). The highest BCUT2D eigenvalue weighted by atomic mass is 79.9. The zero-order valence-electron chi connectivity index (χ0n) is 19.4. The topological polar surface area (TPSA) is 90.0 Å². The number of nitrogens with one attached hydrogen (secondary N) is 2. The van der Waals surface area contributed by atoms with Crippen LogP contribution in [0, 0.1) is 0 Å². The van der Waals surface area contributed by atoms with Crippen LogP contribution in [0.2, 0.25) is 0 Å². The third-order valence-corrected chi connectivity index (χ3v) is 6.61. The molecule has 1 aromatic carbocycles. The Hall–Kier alpha value is -2.89. The van der Waals surface area contributed by atoms with E-state index >= 15 is 0 Å². The average molecular weight is 548 g/mol. The van der Waals surface area contributed by atoms with Crippen molar-refractivity contribution >= 4 is 27.4 Å². The lowest BCUT2D eigenvalue weighted by atomic mass is 10.1. The number of alkyl halides is 1. The van der Waals surface area contributed by atoms with Gasteiger partial charge in [0.15, 0.2) is 17.3 Å². The van der Waals surface area contributed by atoms with Crippen molar-refractivity contribution in [3.63, 3.8) is 0 Å². The molecule has 1 aromatic heterocycles. The first-order valence-electron chi connectivity index (χ1n) is 11.5. The van der Waals surface area contributed by atoms with Gasteiger partial charge in [0.2, 0.25) is 5.88 Å². The Morgan fingerprint density at radius 1 is 1.26 bits per heavy atom. The first-order valence-corrected chi connectivity index (χ1v) is 12.4. The Bertz CT molecular complexity index is 1140. The maximum absolute atomic E-state index is 14.5. The van der Waals surface area contributed by atoms with Gasteiger partial charge in [-0.1, -0.05) is 22.0 Å². The molecule has 0 bridgehead atoms. The van der Waals surface area contributed by atoms with E-state index in [-0.39, 0.29) is 17.1 Å². The Morgan fingerprint density at radius 3 is 2.91 bits per heavy atom. The number of aromatic nitrogens is 2. The second kappa shape index (κ2) is 10.8. The van der Waals surface area contributed by atoms with Crippen molar-refractivity contribution < 1.29 is 23.3 Å². The third kappa shape index (κ3) is 5.52. The van der Waals surface area contributed by atoms with Crippen molar-refractivity contribution in [2.75, 3.05) is 57.2 Å². The summed E-state index contributed by atoms with van der Waals surface area (Å²) in [7, 11) is 1.61. The predicted octanol–water partition coefficient (Wildman–Crippen LogP) is 4.23. The molecule has 11 heteroatoms. The van der Waals surface area contributed by atoms with Crippen molar-refractivity contribution in [1.82, 2.24) is 14.9 Å². The van der Waals surface area contributed by atoms with Crippen molar-refractivity contribution in [2.45, 2.75) is 17.8 Å². The second-order valence-corrected chi connectivity index (χ2v) is 9.47. The van der Waals surface area contributed by atoms with Gasteiger partial charge < -0.3 is 29.6 Å². The van der Waals surface area contributed by atoms with Gasteiger partial charge in [-0.25, -0.2) is 9.37 Å². The summed E-state index contributed by atoms with van der Waals surface area (Å²) in [5.41, 5.74) is 1.78. The molecule has 1 aliphatic carbocycles. The molecule has 1 fully saturated rings. The number of nitrogens with zero attached hydrogens (tertiary/aromatic N) is 3. The van der Waals surface area contributed by atoms with Gasteiger partial charge in [0.25, 0.3) is 0 Å². The zero-order chi connectivity index (χ0) is 24.2. The van der Waals surface area contributed by atoms with E-state index in [1.165, 1.54) is 6.33 Å². The molecule has 2 N–H and O–H groups in total. The summed E-state index contributed by atoms with van der Waals surface area (Å²) in [6.07, 6.45) is 5.24. The lowest BCUT2D eigenvalue weighted by Gasteiger charge is -2.26. The Labute approximate surface area is 211 Å². The first-order chi connectivity index (χ1) is 17.1. The number of hydrogen-bond acceptors (Lipinski definition) is 9. The minimum atomic E-state index is -0.247. The fourth-order valence-corrected chi connectivity index (χ4v) is 4.50. The van der Waals surface area contributed by atoms with E-state index < -0.39 is 0 Å². The van der Waals surface area contributed by atoms with Gasteiger partial charge >= 0.3 is 0 Å². The summed E-state index contributed by atoms with van der Waals surface area (Å²) in [6.45, 7) is 5.06. The van der Waals surface area contributed by atoms with Crippen molar-refractivity contribution in [1.29, 1.82) is 0 Å². The number of fused-ring (bicyclic) bond motifs is 2. The number of anilines is 2. The number of methoxy groups -OCH3 is 1. The molecule has 0 amide bonds. The Morgan fingerprint density at radius 2 is 2.11 bits per heavy atom. The number of morpholine rings is 1. The fourth-order valence-electron chi connectivity index (χ4n) is 4.06. The average Bonchev–Trinajstić information content (AvgIpc) is 3.05. The predicted molar refractivity (Wildman–Crippen MR) is 133 cm³/mol. The van der Waals surface area contributed by atoms with Gasteiger partial charge in [-0.05, 0) is 12.1 Å². The zero-order valence-corrected chi connectivity index (χ0v) is 20.9. The van der Waals surface area contributed by atoms with Gasteiger partial charge in [-0.3, -0.25) is 4.90 Å². The largest absolute Gasteiger partial charge is 0.493 e. The van der Waals surface area contributed by atoms with Crippen molar-refractivity contribution in [3.05, 3.63) is 47.7 Å². The molecule has 0 radical (unpaired) electrons. The molecule has 2 aliphatic heterocycles. The lowest BCUT2D eigenvalue weighted by Crippen LogP contribution is -2.38. The summed E-state index contributed by atoms with van der Waals surface area (Å²) in [6, 6.07) is 3.71. The van der Waals surface area contributed by atoms with Gasteiger partial charge in [0.05, 0.1) is 26.0 Å². The standard InChI is InChI=1S/C24H27BrFN5O4/c1-32-20-10-15-13-27-22-23(30-18-3-2-16(25)11-17(18)26)28-14-29-24(22)35-19(15)12-21(20)34-9-6-31-4-7-33-8-5-31/h2-3,10,12,14,16,27H,4-9,11,13H2,1H3,(H,28,29,30). The number of benzene rings is 1. The summed E-state index contributed by atoms with van der Waals surface area (Å²) in [4.78, 5) is 10.9. The van der Waals surface area contributed by atoms with Crippen LogP contribution in [-0.2, 0) is 11.3 Å². The summed E-state index contributed by atoms with van der Waals surface area (Å²) < 4.78 is 37.7. The van der Waals surface area contributed by atoms with E-state index in [1.54, 1.807) is 13.2 Å². The van der Waals surface area contributed by atoms with Crippen LogP contribution in [0.1, 0.15) is 12.0 Å². The molecule has 0 saturated carbocycles. The molecule has 1 atom stereocenters. The maximum atomic E-state index is 14.5. The molecular weight excluding hydrogens is 521 g/mol. The maximum Gasteiger partial charge on any atom is 0.248 e. The van der Waals surface area contributed by atoms with Crippen LogP contribution < -0.4 is 24.8 Å². The van der Waals surface area contributed by atoms with E-state index in [4.69, 9.17) is 18.9 Å². The number of rotatable bonds is 7. The Kier molecular flexibility index (Phi) is 7.35. The number of halogens is 2. The van der Waals surface area contributed by atoms with Crippen molar-refractivity contribution in [2.24, 2.45) is 0 Å². The summed E-state index contributed by atoms with van der Waals surface area (Å²) in [5.74, 6) is 2.34. The van der Waals surface area contributed by atoms with Gasteiger partial charge in [0.1, 0.15) is 30.2 Å². The highest BCUT2D eigenvalue weighted by molar-refractivity contribution is 9.09. The van der Waals surface area contributed by atoms with Crippen LogP contribution >= 0.6 is 15.9 Å². The molecule has 0 spiro atoms. The SMILES string of the molecule is COc1cc2c(cc1OCCN1CCOCC1)Oc1ncnc(NC3=C(F)CC(Br)C=C3)c1NC2. The monoisotopic (exact) mass is 547 g/mol. The number of ether oxygens (including phenoxy) is 4. The van der Waals surface area contributed by atoms with Gasteiger partial charge in [0, 0.05) is 49.1 Å². The highest BCUT2D eigenvalue weighted by Gasteiger charge is 2.23. The molecule has 1 unspecified atom stereocenters. The fraction of sp³-hybridized carbons (Fsp3) is 0.417. The van der Waals surface area contributed by atoms with Crippen LogP contribution in [0.3, 0.4) is 0 Å². The van der Waals surface area contributed by atoms with Gasteiger partial charge in [-0.2, -0.15) is 4.98 Å². The molecule has 3 heterocycles. The quantitative estimate of drug-likeness (QED) is 0.494. The molecule has 35 heavy (non-hydrogen) atoms. The minimum Gasteiger partial charge on any atom is -0.493 e. The summed E-state index contributed by atoms with van der Waals surface area (Å²) in [5, 5.41) is 6.38. The molecule has 186 valence electrons. The van der Waals surface area contributed by atoms with E-state index in [9.17, 15) is 4.39 Å². The first kappa shape index (κ1) is 23.8. The Balaban J connectivity index is 1.34. The molecule has 2 aromatic rings. The molecule has 1 saturated heterocycles. The second-order valence-electron chi connectivity index (χ2n) is 8.29. The van der Waals surface area contributed by atoms with E-state index in [0.717, 1.165) is 38.4 Å². The van der Waals surface area contributed by atoms with Crippen LogP contribution in [0.5, 0.6) is 23.1 Å². The van der Waals surface area contributed by atoms with Gasteiger partial charge in [-0.15, -0.1) is 0 Å². The summed E-state index contributed by atoms with van der Waals surface area (Å²) >= 11 is 3.41. The normalized spacial score (nSPS) is 19.7. The van der Waals surface area contributed by atoms with Crippen LogP contribution in [0.25, 0.3) is 0 Å².